The molecule has 0 aromatic rings. The van der Waals surface area contributed by atoms with Crippen molar-refractivity contribution < 1.29 is 43.1 Å². The van der Waals surface area contributed by atoms with Crippen LogP contribution in [0.15, 0.2) is 24.3 Å². The normalized spacial score (nSPS) is 17.2. The van der Waals surface area contributed by atoms with Crippen molar-refractivity contribution in [1.82, 2.24) is 31.1 Å². The molecular weight excluding hydrogens is 552 g/mol. The second-order valence-corrected chi connectivity index (χ2v) is 10.1. The van der Waals surface area contributed by atoms with Gasteiger partial charge < -0.3 is 26.0 Å². The monoisotopic (exact) mass is 590 g/mol. The van der Waals surface area contributed by atoms with Crippen molar-refractivity contribution in [3.05, 3.63) is 24.3 Å². The fourth-order valence-corrected chi connectivity index (χ4v) is 4.36. The smallest absolute Gasteiger partial charge is 0.253 e. The van der Waals surface area contributed by atoms with Gasteiger partial charge in [0.15, 0.2) is 0 Å². The fourth-order valence-electron chi connectivity index (χ4n) is 4.36. The van der Waals surface area contributed by atoms with E-state index < -0.39 is 65.5 Å². The highest BCUT2D eigenvalue weighted by molar-refractivity contribution is 6.13. The van der Waals surface area contributed by atoms with Crippen LogP contribution in [0.25, 0.3) is 0 Å². The minimum atomic E-state index is -0.750. The molecule has 0 radical (unpaired) electrons. The molecule has 0 bridgehead atoms. The van der Waals surface area contributed by atoms with Crippen LogP contribution in [0.3, 0.4) is 0 Å². The van der Waals surface area contributed by atoms with Crippen LogP contribution in [0.1, 0.15) is 52.9 Å². The summed E-state index contributed by atoms with van der Waals surface area (Å²) in [5, 5.41) is 10.4. The van der Waals surface area contributed by atoms with E-state index in [-0.39, 0.29) is 44.9 Å². The van der Waals surface area contributed by atoms with Crippen LogP contribution < -0.4 is 21.3 Å². The number of hydrogen-bond donors (Lipinski definition) is 4. The lowest BCUT2D eigenvalue weighted by Crippen LogP contribution is -2.48. The Morgan fingerprint density at radius 2 is 0.976 bits per heavy atom. The Hall–Kier alpha value is -4.40. The lowest BCUT2D eigenvalue weighted by molar-refractivity contribution is -0.139. The topological polar surface area (TPSA) is 200 Å². The molecule has 0 aromatic carbocycles. The Kier molecular flexibility index (Phi) is 13.0. The standard InChI is InChI=1S/C27H38N6O9/c1-16(42-4)13-19(14-22(36)30-17(2)28-20(34)9-11-32-24(38)5-6-25(32)39)15-23(37)31-18(3)29-21(35)10-12-33-26(40)7-8-27(33)41/h5-8,16-19H,9-15H2,1-4H3,(H,28,34)(H,29,35)(H,30,36)(H,31,37). The molecule has 0 spiro atoms. The number of carbonyl (C=O) groups is 8. The Balaban J connectivity index is 1.77. The number of hydrogen-bond acceptors (Lipinski definition) is 9. The summed E-state index contributed by atoms with van der Waals surface area (Å²) in [7, 11) is 1.51. The van der Waals surface area contributed by atoms with Crippen LogP contribution in [0, 0.1) is 5.92 Å². The maximum Gasteiger partial charge on any atom is 0.253 e. The Morgan fingerprint density at radius 1 is 0.643 bits per heavy atom. The van der Waals surface area contributed by atoms with Gasteiger partial charge in [0.2, 0.25) is 23.6 Å². The first-order valence-electron chi connectivity index (χ1n) is 13.6. The molecule has 0 aromatic heterocycles. The predicted molar refractivity (Wildman–Crippen MR) is 146 cm³/mol. The number of methoxy groups -OCH3 is 1. The molecule has 0 fully saturated rings. The number of ether oxygens (including phenoxy) is 1. The number of imide groups is 2. The molecule has 230 valence electrons. The van der Waals surface area contributed by atoms with E-state index in [1.54, 1.807) is 20.8 Å². The number of carbonyl (C=O) groups excluding carboxylic acids is 8. The van der Waals surface area contributed by atoms with Crippen molar-refractivity contribution in [3.8, 4) is 0 Å². The van der Waals surface area contributed by atoms with E-state index in [0.717, 1.165) is 34.1 Å². The Morgan fingerprint density at radius 3 is 1.31 bits per heavy atom. The van der Waals surface area contributed by atoms with Gasteiger partial charge in [-0.3, -0.25) is 48.2 Å². The van der Waals surface area contributed by atoms with Gasteiger partial charge in [-0.15, -0.1) is 0 Å². The van der Waals surface area contributed by atoms with Crippen molar-refractivity contribution >= 4 is 47.3 Å². The van der Waals surface area contributed by atoms with Gasteiger partial charge in [-0.05, 0) is 33.1 Å². The molecule has 8 amide bonds. The molecular formula is C27H38N6O9. The molecule has 0 saturated heterocycles. The average Bonchev–Trinajstić information content (AvgIpc) is 3.39. The zero-order valence-electron chi connectivity index (χ0n) is 24.1. The lowest BCUT2D eigenvalue weighted by Gasteiger charge is -2.23. The molecule has 2 aliphatic heterocycles. The summed E-state index contributed by atoms with van der Waals surface area (Å²) in [4.78, 5) is 98.0. The van der Waals surface area contributed by atoms with Crippen LogP contribution >= 0.6 is 0 Å². The number of nitrogens with zero attached hydrogens (tertiary/aromatic N) is 2. The van der Waals surface area contributed by atoms with Gasteiger partial charge >= 0.3 is 0 Å². The summed E-state index contributed by atoms with van der Waals surface area (Å²) >= 11 is 0. The summed E-state index contributed by atoms with van der Waals surface area (Å²) in [5.41, 5.74) is 0. The lowest BCUT2D eigenvalue weighted by atomic mass is 9.94. The maximum absolute atomic E-state index is 12.7. The highest BCUT2D eigenvalue weighted by Gasteiger charge is 2.26. The van der Waals surface area contributed by atoms with Crippen molar-refractivity contribution in [2.24, 2.45) is 5.92 Å². The van der Waals surface area contributed by atoms with Crippen LogP contribution in [0.2, 0.25) is 0 Å². The van der Waals surface area contributed by atoms with Gasteiger partial charge in [0.05, 0.1) is 18.4 Å². The van der Waals surface area contributed by atoms with Crippen molar-refractivity contribution in [1.29, 1.82) is 0 Å². The number of amides is 8. The number of rotatable bonds is 17. The van der Waals surface area contributed by atoms with Gasteiger partial charge in [-0.25, -0.2) is 0 Å². The van der Waals surface area contributed by atoms with E-state index in [1.165, 1.54) is 7.11 Å². The third kappa shape index (κ3) is 11.2. The summed E-state index contributed by atoms with van der Waals surface area (Å²) in [6.07, 6.45) is 2.80. The van der Waals surface area contributed by atoms with E-state index in [0.29, 0.717) is 6.42 Å². The van der Waals surface area contributed by atoms with E-state index >= 15 is 0 Å². The zero-order chi connectivity index (χ0) is 31.4. The molecule has 3 atom stereocenters. The molecule has 2 rings (SSSR count). The van der Waals surface area contributed by atoms with Gasteiger partial charge in [0.25, 0.3) is 23.6 Å². The van der Waals surface area contributed by atoms with Gasteiger partial charge in [0, 0.05) is 70.2 Å². The zero-order valence-corrected chi connectivity index (χ0v) is 24.1. The molecule has 2 heterocycles. The van der Waals surface area contributed by atoms with E-state index in [1.807, 2.05) is 0 Å². The summed E-state index contributed by atoms with van der Waals surface area (Å²) in [6.45, 7) is 4.74. The van der Waals surface area contributed by atoms with Crippen LogP contribution in [-0.2, 0) is 43.1 Å². The minimum absolute atomic E-state index is 0.0452. The second-order valence-electron chi connectivity index (χ2n) is 10.1. The highest BCUT2D eigenvalue weighted by Crippen LogP contribution is 2.18. The van der Waals surface area contributed by atoms with Gasteiger partial charge in [-0.1, -0.05) is 0 Å². The third-order valence-corrected chi connectivity index (χ3v) is 6.45. The van der Waals surface area contributed by atoms with Crippen LogP contribution in [0.4, 0.5) is 0 Å². The van der Waals surface area contributed by atoms with Crippen molar-refractivity contribution in [2.45, 2.75) is 71.3 Å². The van der Waals surface area contributed by atoms with Gasteiger partial charge in [0.1, 0.15) is 0 Å². The van der Waals surface area contributed by atoms with Crippen LogP contribution in [0.5, 0.6) is 0 Å². The Labute approximate surface area is 243 Å². The van der Waals surface area contributed by atoms with Crippen LogP contribution in [-0.4, -0.2) is 95.7 Å². The predicted octanol–water partition coefficient (Wildman–Crippen LogP) is -1.41. The van der Waals surface area contributed by atoms with E-state index in [4.69, 9.17) is 4.74 Å². The summed E-state index contributed by atoms with van der Waals surface area (Å²) in [5.74, 6) is -4.15. The molecule has 2 aliphatic rings. The summed E-state index contributed by atoms with van der Waals surface area (Å²) in [6, 6.07) is 0. The largest absolute Gasteiger partial charge is 0.382 e. The van der Waals surface area contributed by atoms with Gasteiger partial charge in [-0.2, -0.15) is 0 Å². The van der Waals surface area contributed by atoms with Crippen molar-refractivity contribution in [3.63, 3.8) is 0 Å². The molecule has 0 saturated carbocycles. The first-order valence-corrected chi connectivity index (χ1v) is 13.6. The first-order chi connectivity index (χ1) is 19.8. The molecule has 15 heteroatoms. The quantitative estimate of drug-likeness (QED) is 0.116. The molecule has 15 nitrogen and oxygen atoms in total. The SMILES string of the molecule is COC(C)CC(CC(=O)NC(C)NC(=O)CCN1C(=O)C=CC1=O)CC(=O)NC(C)NC(=O)CCN1C(=O)C=CC1=O. The molecule has 0 aliphatic carbocycles. The Bertz CT molecular complexity index is 1030. The maximum atomic E-state index is 12.7. The molecule has 4 N–H and O–H groups in total. The molecule has 42 heavy (non-hydrogen) atoms. The van der Waals surface area contributed by atoms with Crippen molar-refractivity contribution in [2.75, 3.05) is 20.2 Å². The minimum Gasteiger partial charge on any atom is -0.382 e. The highest BCUT2D eigenvalue weighted by atomic mass is 16.5. The van der Waals surface area contributed by atoms with E-state index in [9.17, 15) is 38.4 Å². The summed E-state index contributed by atoms with van der Waals surface area (Å²) < 4.78 is 5.29. The molecule has 3 unspecified atom stereocenters. The second kappa shape index (κ2) is 16.1. The van der Waals surface area contributed by atoms with E-state index in [2.05, 4.69) is 21.3 Å². The average molecular weight is 591 g/mol. The number of nitrogens with one attached hydrogen (secondary N) is 4. The fraction of sp³-hybridized carbons (Fsp3) is 0.556. The third-order valence-electron chi connectivity index (χ3n) is 6.45. The first kappa shape index (κ1) is 33.8.